The third kappa shape index (κ3) is 5.22. The second kappa shape index (κ2) is 10.2. The normalized spacial score (nSPS) is 33.8. The molecule has 3 aliphatic rings. The monoisotopic (exact) mass is 468 g/mol. The van der Waals surface area contributed by atoms with Gasteiger partial charge in [0.15, 0.2) is 6.29 Å². The molecule has 174 valence electrons. The average Bonchev–Trinajstić information content (AvgIpc) is 3.64. The Bertz CT molecular complexity index is 702. The van der Waals surface area contributed by atoms with Crippen LogP contribution in [0.2, 0.25) is 0 Å². The van der Waals surface area contributed by atoms with Crippen molar-refractivity contribution >= 4 is 23.5 Å². The van der Waals surface area contributed by atoms with Crippen LogP contribution in [0.5, 0.6) is 5.75 Å². The molecule has 0 amide bonds. The first-order valence-corrected chi connectivity index (χ1v) is 13.3. The lowest BCUT2D eigenvalue weighted by molar-refractivity contribution is -0.302. The maximum absolute atomic E-state index is 6.65. The minimum atomic E-state index is -0.405. The summed E-state index contributed by atoms with van der Waals surface area (Å²) in [6.07, 6.45) is 2.00. The zero-order valence-electron chi connectivity index (χ0n) is 19.2. The van der Waals surface area contributed by atoms with E-state index in [9.17, 15) is 0 Å². The number of epoxide rings is 1. The highest BCUT2D eigenvalue weighted by molar-refractivity contribution is 8.18. The summed E-state index contributed by atoms with van der Waals surface area (Å²) in [6.45, 7) is 7.63. The molecule has 3 fully saturated rings. The summed E-state index contributed by atoms with van der Waals surface area (Å²) in [4.78, 5) is 0. The Morgan fingerprint density at radius 1 is 1.06 bits per heavy atom. The van der Waals surface area contributed by atoms with Gasteiger partial charge < -0.3 is 23.7 Å². The fourth-order valence-electron chi connectivity index (χ4n) is 4.67. The van der Waals surface area contributed by atoms with Crippen LogP contribution in [0.4, 0.5) is 0 Å². The summed E-state index contributed by atoms with van der Waals surface area (Å²) in [5.41, 5.74) is 1.02. The van der Waals surface area contributed by atoms with E-state index in [1.54, 1.807) is 14.2 Å². The average molecular weight is 469 g/mol. The molecular formula is C24H36O5S2. The van der Waals surface area contributed by atoms with E-state index in [0.29, 0.717) is 17.9 Å². The molecule has 3 saturated heterocycles. The van der Waals surface area contributed by atoms with Crippen LogP contribution in [0.25, 0.3) is 0 Å². The molecule has 7 heteroatoms. The van der Waals surface area contributed by atoms with Crippen molar-refractivity contribution in [2.24, 2.45) is 11.8 Å². The van der Waals surface area contributed by atoms with E-state index in [0.717, 1.165) is 24.3 Å². The van der Waals surface area contributed by atoms with Gasteiger partial charge in [-0.15, -0.1) is 23.5 Å². The van der Waals surface area contributed by atoms with E-state index in [2.05, 4.69) is 44.3 Å². The molecule has 0 saturated carbocycles. The predicted octanol–water partition coefficient (Wildman–Crippen LogP) is 5.14. The Hall–Kier alpha value is -0.440. The van der Waals surface area contributed by atoms with Gasteiger partial charge in [0.2, 0.25) is 0 Å². The van der Waals surface area contributed by atoms with Crippen molar-refractivity contribution in [3.63, 3.8) is 0 Å². The van der Waals surface area contributed by atoms with Crippen LogP contribution in [0.1, 0.15) is 45.5 Å². The maximum atomic E-state index is 6.65. The van der Waals surface area contributed by atoms with Gasteiger partial charge in [0, 0.05) is 25.0 Å². The van der Waals surface area contributed by atoms with Crippen LogP contribution in [0.15, 0.2) is 24.3 Å². The zero-order valence-corrected chi connectivity index (χ0v) is 20.9. The van der Waals surface area contributed by atoms with Crippen LogP contribution >= 0.6 is 23.5 Å². The number of hydrogen-bond acceptors (Lipinski definition) is 7. The summed E-state index contributed by atoms with van der Waals surface area (Å²) in [6, 6.07) is 7.99. The van der Waals surface area contributed by atoms with E-state index in [1.165, 1.54) is 17.9 Å². The van der Waals surface area contributed by atoms with Gasteiger partial charge in [0.05, 0.1) is 36.1 Å². The number of benzene rings is 1. The van der Waals surface area contributed by atoms with Crippen molar-refractivity contribution < 1.29 is 23.7 Å². The first-order chi connectivity index (χ1) is 15.0. The SMILES string of the molecule is COc1ccc(C2O[C@H](C(C)C)[C@@H](OC)[C@@H](CC3([C@@H](C)[C@@H]4CO4)SCCCS3)O2)cc1. The molecule has 6 atom stereocenters. The van der Waals surface area contributed by atoms with Gasteiger partial charge in [-0.2, -0.15) is 0 Å². The molecule has 0 bridgehead atoms. The van der Waals surface area contributed by atoms with E-state index >= 15 is 0 Å². The summed E-state index contributed by atoms with van der Waals surface area (Å²) in [5, 5.41) is 0. The number of rotatable bonds is 8. The molecule has 0 N–H and O–H groups in total. The van der Waals surface area contributed by atoms with Crippen molar-refractivity contribution in [1.29, 1.82) is 0 Å². The molecular weight excluding hydrogens is 432 g/mol. The van der Waals surface area contributed by atoms with Crippen molar-refractivity contribution in [1.82, 2.24) is 0 Å². The highest BCUT2D eigenvalue weighted by Gasteiger charge is 2.52. The van der Waals surface area contributed by atoms with Gasteiger partial charge in [-0.1, -0.05) is 32.9 Å². The topological polar surface area (TPSA) is 49.5 Å². The molecule has 0 radical (unpaired) electrons. The molecule has 0 aliphatic carbocycles. The minimum absolute atomic E-state index is 0.0287. The highest BCUT2D eigenvalue weighted by Crippen LogP contribution is 2.55. The third-order valence-electron chi connectivity index (χ3n) is 6.66. The Morgan fingerprint density at radius 3 is 2.29 bits per heavy atom. The Balaban J connectivity index is 1.60. The summed E-state index contributed by atoms with van der Waals surface area (Å²) in [7, 11) is 3.47. The van der Waals surface area contributed by atoms with E-state index in [1.807, 2.05) is 24.3 Å². The summed E-state index contributed by atoms with van der Waals surface area (Å²) < 4.78 is 30.3. The minimum Gasteiger partial charge on any atom is -0.497 e. The van der Waals surface area contributed by atoms with Crippen LogP contribution < -0.4 is 4.74 Å². The maximum Gasteiger partial charge on any atom is 0.184 e. The molecule has 0 aromatic heterocycles. The number of methoxy groups -OCH3 is 2. The van der Waals surface area contributed by atoms with Crippen LogP contribution in [0.3, 0.4) is 0 Å². The third-order valence-corrected chi connectivity index (χ3v) is 10.4. The zero-order chi connectivity index (χ0) is 22.0. The molecule has 0 spiro atoms. The molecule has 5 nitrogen and oxygen atoms in total. The Morgan fingerprint density at radius 2 is 1.74 bits per heavy atom. The molecule has 1 aromatic rings. The van der Waals surface area contributed by atoms with Crippen molar-refractivity contribution in [3.8, 4) is 5.75 Å². The molecule has 3 heterocycles. The second-order valence-electron chi connectivity index (χ2n) is 9.05. The van der Waals surface area contributed by atoms with Crippen LogP contribution in [0, 0.1) is 11.8 Å². The predicted molar refractivity (Wildman–Crippen MR) is 127 cm³/mol. The molecule has 31 heavy (non-hydrogen) atoms. The van der Waals surface area contributed by atoms with Crippen molar-refractivity contribution in [2.45, 2.75) is 68.4 Å². The smallest absolute Gasteiger partial charge is 0.184 e. The lowest BCUT2D eigenvalue weighted by atomic mass is 9.90. The molecule has 1 unspecified atom stereocenters. The quantitative estimate of drug-likeness (QED) is 0.490. The molecule has 3 aliphatic heterocycles. The first-order valence-electron chi connectivity index (χ1n) is 11.3. The van der Waals surface area contributed by atoms with Gasteiger partial charge in [0.25, 0.3) is 0 Å². The van der Waals surface area contributed by atoms with Gasteiger partial charge in [-0.05, 0) is 36.0 Å². The Labute approximate surface area is 195 Å². The van der Waals surface area contributed by atoms with Gasteiger partial charge in [-0.3, -0.25) is 0 Å². The van der Waals surface area contributed by atoms with E-state index in [4.69, 9.17) is 23.7 Å². The Kier molecular flexibility index (Phi) is 7.82. The van der Waals surface area contributed by atoms with Crippen LogP contribution in [-0.4, -0.2) is 60.8 Å². The lowest BCUT2D eigenvalue weighted by Crippen LogP contribution is -2.53. The molecule has 4 rings (SSSR count). The van der Waals surface area contributed by atoms with Gasteiger partial charge >= 0.3 is 0 Å². The summed E-state index contributed by atoms with van der Waals surface area (Å²) in [5.74, 6) is 4.02. The number of hydrogen-bond donors (Lipinski definition) is 0. The van der Waals surface area contributed by atoms with Crippen molar-refractivity contribution in [3.05, 3.63) is 29.8 Å². The fraction of sp³-hybridized carbons (Fsp3) is 0.750. The highest BCUT2D eigenvalue weighted by atomic mass is 32.2. The lowest BCUT2D eigenvalue weighted by Gasteiger charge is -2.48. The van der Waals surface area contributed by atoms with E-state index < -0.39 is 6.29 Å². The largest absolute Gasteiger partial charge is 0.497 e. The fourth-order valence-corrected chi connectivity index (χ4v) is 8.35. The van der Waals surface area contributed by atoms with E-state index in [-0.39, 0.29) is 22.4 Å². The number of thioether (sulfide) groups is 2. The number of ether oxygens (including phenoxy) is 5. The summed E-state index contributed by atoms with van der Waals surface area (Å²) >= 11 is 4.19. The standard InChI is InChI=1S/C24H36O5S2/c1-15(2)21-22(26-5)19(28-23(29-21)17-7-9-18(25-4)10-8-17)13-24(16(3)20-14-27-20)30-11-6-12-31-24/h7-10,15-16,19-23H,6,11-14H2,1-5H3/t16-,19+,20-,21+,22-,23?/m0/s1. The first kappa shape index (κ1) is 23.7. The van der Waals surface area contributed by atoms with Gasteiger partial charge in [0.1, 0.15) is 11.9 Å². The van der Waals surface area contributed by atoms with Gasteiger partial charge in [-0.25, -0.2) is 0 Å². The van der Waals surface area contributed by atoms with Crippen molar-refractivity contribution in [2.75, 3.05) is 32.3 Å². The second-order valence-corrected chi connectivity index (χ2v) is 12.2. The molecule has 1 aromatic carbocycles. The van der Waals surface area contributed by atoms with Crippen LogP contribution in [-0.2, 0) is 18.9 Å².